The molecule has 0 unspecified atom stereocenters. The number of rotatable bonds is 5. The summed E-state index contributed by atoms with van der Waals surface area (Å²) in [6.07, 6.45) is 0.924. The van der Waals surface area contributed by atoms with Crippen molar-refractivity contribution in [3.05, 3.63) is 22.4 Å². The Hall–Kier alpha value is -0.870. The maximum absolute atomic E-state index is 11.0. The first kappa shape index (κ1) is 10.2. The molecule has 13 heavy (non-hydrogen) atoms. The highest BCUT2D eigenvalue weighted by atomic mass is 32.1. The number of thiophene rings is 1. The quantitative estimate of drug-likeness (QED) is 0.728. The molecule has 1 aromatic heterocycles. The van der Waals surface area contributed by atoms with Gasteiger partial charge in [0.25, 0.3) is 0 Å². The topological polar surface area (TPSA) is 41.1 Å². The first-order chi connectivity index (χ1) is 6.33. The summed E-state index contributed by atoms with van der Waals surface area (Å²) in [5.74, 6) is 0.0547. The molecule has 0 saturated carbocycles. The Balaban J connectivity index is 2.11. The largest absolute Gasteiger partial charge is 0.355 e. The molecule has 0 saturated heterocycles. The van der Waals surface area contributed by atoms with Gasteiger partial charge in [0.2, 0.25) is 5.91 Å². The number of hydrogen-bond acceptors (Lipinski definition) is 3. The molecule has 1 aromatic rings. The van der Waals surface area contributed by atoms with Crippen LogP contribution < -0.4 is 10.6 Å². The molecule has 3 nitrogen and oxygen atoms in total. The van der Waals surface area contributed by atoms with E-state index in [1.54, 1.807) is 18.4 Å². The van der Waals surface area contributed by atoms with Crippen molar-refractivity contribution < 1.29 is 4.79 Å². The second-order valence-electron chi connectivity index (χ2n) is 2.71. The molecule has 0 atom stereocenters. The molecule has 1 rings (SSSR count). The van der Waals surface area contributed by atoms with E-state index in [9.17, 15) is 4.79 Å². The van der Waals surface area contributed by atoms with E-state index >= 15 is 0 Å². The van der Waals surface area contributed by atoms with Crippen LogP contribution in [0.15, 0.2) is 17.5 Å². The van der Waals surface area contributed by atoms with Gasteiger partial charge >= 0.3 is 0 Å². The van der Waals surface area contributed by atoms with Crippen LogP contribution >= 0.6 is 11.3 Å². The van der Waals surface area contributed by atoms with Crippen molar-refractivity contribution >= 4 is 17.2 Å². The maximum atomic E-state index is 11.0. The predicted molar refractivity (Wildman–Crippen MR) is 55.0 cm³/mol. The summed E-state index contributed by atoms with van der Waals surface area (Å²) in [5, 5.41) is 7.68. The summed E-state index contributed by atoms with van der Waals surface area (Å²) in [7, 11) is 1.76. The molecule has 2 N–H and O–H groups in total. The summed E-state index contributed by atoms with van der Waals surface area (Å²) < 4.78 is 0. The lowest BCUT2D eigenvalue weighted by Gasteiger charge is -2.02. The van der Waals surface area contributed by atoms with Crippen molar-refractivity contribution in [2.24, 2.45) is 0 Å². The van der Waals surface area contributed by atoms with Crippen molar-refractivity contribution in [2.75, 3.05) is 20.1 Å². The third-order valence-corrected chi connectivity index (χ3v) is 2.55. The Morgan fingerprint density at radius 2 is 2.46 bits per heavy atom. The number of hydrogen-bond donors (Lipinski definition) is 2. The van der Waals surface area contributed by atoms with E-state index in [4.69, 9.17) is 0 Å². The Morgan fingerprint density at radius 1 is 1.62 bits per heavy atom. The van der Waals surface area contributed by atoms with Gasteiger partial charge in [-0.3, -0.25) is 4.79 Å². The molecule has 0 fully saturated rings. The zero-order chi connectivity index (χ0) is 9.52. The van der Waals surface area contributed by atoms with Gasteiger partial charge in [0.05, 0.1) is 6.54 Å². The zero-order valence-corrected chi connectivity index (χ0v) is 8.49. The van der Waals surface area contributed by atoms with Crippen LogP contribution in [0.4, 0.5) is 0 Å². The van der Waals surface area contributed by atoms with Crippen LogP contribution in [-0.4, -0.2) is 26.0 Å². The lowest BCUT2D eigenvalue weighted by molar-refractivity contribution is -0.120. The summed E-state index contributed by atoms with van der Waals surface area (Å²) in [4.78, 5) is 12.3. The van der Waals surface area contributed by atoms with Crippen molar-refractivity contribution in [2.45, 2.75) is 6.42 Å². The van der Waals surface area contributed by atoms with Crippen LogP contribution in [-0.2, 0) is 11.2 Å². The van der Waals surface area contributed by atoms with E-state index in [2.05, 4.69) is 16.7 Å². The first-order valence-electron chi connectivity index (χ1n) is 4.26. The predicted octanol–water partition coefficient (Wildman–Crippen LogP) is 0.626. The van der Waals surface area contributed by atoms with Gasteiger partial charge in [-0.05, 0) is 24.9 Å². The summed E-state index contributed by atoms with van der Waals surface area (Å²) in [5.41, 5.74) is 0. The second-order valence-corrected chi connectivity index (χ2v) is 3.74. The van der Waals surface area contributed by atoms with E-state index in [0.717, 1.165) is 13.0 Å². The fourth-order valence-corrected chi connectivity index (χ4v) is 1.71. The zero-order valence-electron chi connectivity index (χ0n) is 7.67. The molecule has 0 bridgehead atoms. The Bertz CT molecular complexity index is 246. The molecule has 4 heteroatoms. The molecule has 72 valence electrons. The molecule has 0 aliphatic rings. The van der Waals surface area contributed by atoms with Crippen molar-refractivity contribution in [3.63, 3.8) is 0 Å². The molecule has 0 radical (unpaired) electrons. The minimum Gasteiger partial charge on any atom is -0.355 e. The monoisotopic (exact) mass is 198 g/mol. The molecule has 0 spiro atoms. The van der Waals surface area contributed by atoms with E-state index in [-0.39, 0.29) is 5.91 Å². The lowest BCUT2D eigenvalue weighted by Crippen LogP contribution is -2.33. The first-order valence-corrected chi connectivity index (χ1v) is 5.14. The molecular weight excluding hydrogens is 184 g/mol. The maximum Gasteiger partial charge on any atom is 0.233 e. The molecule has 0 aromatic carbocycles. The number of amides is 1. The number of carbonyl (C=O) groups excluding carboxylic acids is 1. The summed E-state index contributed by atoms with van der Waals surface area (Å²) in [6.45, 7) is 1.12. The highest BCUT2D eigenvalue weighted by Gasteiger charge is 1.98. The van der Waals surface area contributed by atoms with Crippen LogP contribution in [0.2, 0.25) is 0 Å². The van der Waals surface area contributed by atoms with Crippen molar-refractivity contribution in [3.8, 4) is 0 Å². The Kier molecular flexibility index (Phi) is 4.49. The highest BCUT2D eigenvalue weighted by Crippen LogP contribution is 2.07. The van der Waals surface area contributed by atoms with Gasteiger partial charge in [0.15, 0.2) is 0 Å². The SMILES string of the molecule is CNCC(=O)NCCc1cccs1. The third-order valence-electron chi connectivity index (χ3n) is 1.61. The number of nitrogens with one attached hydrogen (secondary N) is 2. The van der Waals surface area contributed by atoms with Gasteiger partial charge in [-0.2, -0.15) is 0 Å². The van der Waals surface area contributed by atoms with Crippen LogP contribution in [0.25, 0.3) is 0 Å². The molecule has 0 aliphatic carbocycles. The molecule has 1 heterocycles. The Labute approximate surface area is 82.2 Å². The second kappa shape index (κ2) is 5.72. The third kappa shape index (κ3) is 4.05. The van der Waals surface area contributed by atoms with E-state index in [0.29, 0.717) is 6.54 Å². The summed E-state index contributed by atoms with van der Waals surface area (Å²) >= 11 is 1.72. The normalized spacial score (nSPS) is 9.92. The van der Waals surface area contributed by atoms with Gasteiger partial charge < -0.3 is 10.6 Å². The molecule has 1 amide bonds. The van der Waals surface area contributed by atoms with Gasteiger partial charge in [0, 0.05) is 11.4 Å². The fraction of sp³-hybridized carbons (Fsp3) is 0.444. The lowest BCUT2D eigenvalue weighted by atomic mass is 10.3. The number of carbonyl (C=O) groups is 1. The van der Waals surface area contributed by atoms with Crippen LogP contribution in [0.3, 0.4) is 0 Å². The van der Waals surface area contributed by atoms with Crippen LogP contribution in [0.5, 0.6) is 0 Å². The standard InChI is InChI=1S/C9H14N2OS/c1-10-7-9(12)11-5-4-8-3-2-6-13-8/h2-3,6,10H,4-5,7H2,1H3,(H,11,12). The van der Waals surface area contributed by atoms with Gasteiger partial charge in [-0.15, -0.1) is 11.3 Å². The minimum atomic E-state index is 0.0547. The van der Waals surface area contributed by atoms with Gasteiger partial charge in [-0.25, -0.2) is 0 Å². The van der Waals surface area contributed by atoms with Crippen LogP contribution in [0, 0.1) is 0 Å². The molecule has 0 aliphatic heterocycles. The van der Waals surface area contributed by atoms with Crippen LogP contribution in [0.1, 0.15) is 4.88 Å². The molecular formula is C9H14N2OS. The van der Waals surface area contributed by atoms with Gasteiger partial charge in [0.1, 0.15) is 0 Å². The average Bonchev–Trinajstić information content (AvgIpc) is 2.57. The van der Waals surface area contributed by atoms with Gasteiger partial charge in [-0.1, -0.05) is 6.07 Å². The van der Waals surface area contributed by atoms with E-state index < -0.39 is 0 Å². The minimum absolute atomic E-state index is 0.0547. The Morgan fingerprint density at radius 3 is 3.08 bits per heavy atom. The summed E-state index contributed by atoms with van der Waals surface area (Å²) in [6, 6.07) is 4.10. The van der Waals surface area contributed by atoms with Crippen molar-refractivity contribution in [1.82, 2.24) is 10.6 Å². The van der Waals surface area contributed by atoms with Crippen molar-refractivity contribution in [1.29, 1.82) is 0 Å². The number of likely N-dealkylation sites (N-methyl/N-ethyl adjacent to an activating group) is 1. The average molecular weight is 198 g/mol. The smallest absolute Gasteiger partial charge is 0.233 e. The van der Waals surface area contributed by atoms with E-state index in [1.165, 1.54) is 4.88 Å². The fourth-order valence-electron chi connectivity index (χ4n) is 1.00. The highest BCUT2D eigenvalue weighted by molar-refractivity contribution is 7.09. The van der Waals surface area contributed by atoms with E-state index in [1.807, 2.05) is 11.4 Å².